The second-order valence-electron chi connectivity index (χ2n) is 8.38. The maximum absolute atomic E-state index is 11.0. The minimum absolute atomic E-state index is 0.172. The van der Waals surface area contributed by atoms with Crippen molar-refractivity contribution in [2.45, 2.75) is 25.4 Å². The van der Waals surface area contributed by atoms with Gasteiger partial charge in [-0.15, -0.1) is 11.3 Å². The predicted octanol–water partition coefficient (Wildman–Crippen LogP) is 4.10. The second-order valence-corrected chi connectivity index (χ2v) is 9.33. The number of methoxy groups -OCH3 is 1. The molecular formula is C26H30N2O3S. The van der Waals surface area contributed by atoms with Crippen LogP contribution < -0.4 is 4.74 Å². The smallest absolute Gasteiger partial charge is 0.119 e. The fourth-order valence-electron chi connectivity index (χ4n) is 4.57. The summed E-state index contributed by atoms with van der Waals surface area (Å²) in [4.78, 5) is 7.83. The van der Waals surface area contributed by atoms with Gasteiger partial charge in [-0.3, -0.25) is 9.88 Å². The van der Waals surface area contributed by atoms with E-state index in [2.05, 4.69) is 21.7 Å². The first kappa shape index (κ1) is 22.8. The number of hydrogen-bond acceptors (Lipinski definition) is 6. The van der Waals surface area contributed by atoms with Gasteiger partial charge in [-0.05, 0) is 78.9 Å². The first-order chi connectivity index (χ1) is 15.7. The van der Waals surface area contributed by atoms with Crippen LogP contribution >= 0.6 is 11.3 Å². The van der Waals surface area contributed by atoms with Gasteiger partial charge in [-0.25, -0.2) is 0 Å². The molecule has 0 saturated carbocycles. The van der Waals surface area contributed by atoms with E-state index < -0.39 is 6.10 Å². The van der Waals surface area contributed by atoms with Crippen molar-refractivity contribution in [1.82, 2.24) is 9.88 Å². The van der Waals surface area contributed by atoms with Crippen LogP contribution in [0.1, 0.15) is 35.8 Å². The van der Waals surface area contributed by atoms with Gasteiger partial charge < -0.3 is 14.9 Å². The number of fused-ring (bicyclic) bond motifs is 1. The van der Waals surface area contributed by atoms with Crippen LogP contribution in [0.5, 0.6) is 5.75 Å². The Hall–Kier alpha value is -2.43. The Labute approximate surface area is 193 Å². The zero-order valence-electron chi connectivity index (χ0n) is 18.4. The van der Waals surface area contributed by atoms with Crippen molar-refractivity contribution in [2.75, 3.05) is 33.4 Å². The molecule has 6 heteroatoms. The van der Waals surface area contributed by atoms with E-state index in [0.717, 1.165) is 59.6 Å². The summed E-state index contributed by atoms with van der Waals surface area (Å²) in [7, 11) is 1.64. The van der Waals surface area contributed by atoms with Crippen LogP contribution in [0.4, 0.5) is 0 Å². The standard InChI is InChI=1S/C26H30N2O3S/c1-31-21-7-8-25-24(16-21)23(10-12-27-25)26(30)9-6-19-11-14-28(17-20(19)18-29)13-2-4-22-5-3-15-32-22/h3,5,7-8,10,12,15-16,19-20,26,29-30H,6,9,11,13-14,17-18H2,1H3/t19-,20-,26?/m1/s1. The molecular weight excluding hydrogens is 420 g/mol. The van der Waals surface area contributed by atoms with Crippen LogP contribution in [0, 0.1) is 23.7 Å². The SMILES string of the molecule is COc1ccc2nccc(C(O)CC[C@@H]3CCN(CC#Cc4cccs4)C[C@@H]3CO)c2c1. The Balaban J connectivity index is 1.35. The van der Waals surface area contributed by atoms with E-state index in [-0.39, 0.29) is 12.5 Å². The lowest BCUT2D eigenvalue weighted by molar-refractivity contribution is 0.0640. The van der Waals surface area contributed by atoms with Crippen LogP contribution in [0.25, 0.3) is 10.9 Å². The number of aliphatic hydroxyl groups is 2. The highest BCUT2D eigenvalue weighted by Gasteiger charge is 2.29. The summed E-state index contributed by atoms with van der Waals surface area (Å²) < 4.78 is 5.35. The van der Waals surface area contributed by atoms with Crippen LogP contribution in [-0.4, -0.2) is 53.4 Å². The molecule has 0 amide bonds. The molecule has 1 aliphatic rings. The fraction of sp³-hybridized carbons (Fsp3) is 0.423. The molecule has 0 radical (unpaired) electrons. The molecule has 32 heavy (non-hydrogen) atoms. The number of ether oxygens (including phenoxy) is 1. The van der Waals surface area contributed by atoms with Gasteiger partial charge in [0.1, 0.15) is 5.75 Å². The monoisotopic (exact) mass is 450 g/mol. The Morgan fingerprint density at radius 3 is 2.97 bits per heavy atom. The van der Waals surface area contributed by atoms with Crippen LogP contribution in [-0.2, 0) is 0 Å². The maximum atomic E-state index is 11.0. The molecule has 1 unspecified atom stereocenters. The van der Waals surface area contributed by atoms with Gasteiger partial charge in [0.25, 0.3) is 0 Å². The molecule has 1 aliphatic heterocycles. The molecule has 1 aromatic carbocycles. The number of piperidine rings is 1. The number of aromatic nitrogens is 1. The van der Waals surface area contributed by atoms with Crippen molar-refractivity contribution in [3.63, 3.8) is 0 Å². The molecule has 2 aromatic heterocycles. The summed E-state index contributed by atoms with van der Waals surface area (Å²) in [6.07, 6.45) is 3.75. The highest BCUT2D eigenvalue weighted by atomic mass is 32.1. The molecule has 0 bridgehead atoms. The first-order valence-corrected chi connectivity index (χ1v) is 12.0. The second kappa shape index (κ2) is 10.9. The van der Waals surface area contributed by atoms with Crippen LogP contribution in [0.2, 0.25) is 0 Å². The van der Waals surface area contributed by atoms with Crippen molar-refractivity contribution >= 4 is 22.2 Å². The summed E-state index contributed by atoms with van der Waals surface area (Å²) in [5.74, 6) is 7.85. The van der Waals surface area contributed by atoms with Crippen molar-refractivity contribution < 1.29 is 14.9 Å². The van der Waals surface area contributed by atoms with Gasteiger partial charge in [0.15, 0.2) is 0 Å². The zero-order chi connectivity index (χ0) is 22.3. The number of hydrogen-bond donors (Lipinski definition) is 2. The summed E-state index contributed by atoms with van der Waals surface area (Å²) in [5, 5.41) is 23.9. The molecule has 3 heterocycles. The van der Waals surface area contributed by atoms with Gasteiger partial charge in [-0.1, -0.05) is 17.9 Å². The molecule has 3 atom stereocenters. The molecule has 5 nitrogen and oxygen atoms in total. The van der Waals surface area contributed by atoms with Gasteiger partial charge in [0.05, 0.1) is 30.2 Å². The Morgan fingerprint density at radius 1 is 1.28 bits per heavy atom. The van der Waals surface area contributed by atoms with E-state index >= 15 is 0 Å². The van der Waals surface area contributed by atoms with Crippen molar-refractivity contribution in [3.05, 3.63) is 58.4 Å². The quantitative estimate of drug-likeness (QED) is 0.531. The Kier molecular flexibility index (Phi) is 7.77. The largest absolute Gasteiger partial charge is 0.497 e. The number of nitrogens with zero attached hydrogens (tertiary/aromatic N) is 2. The van der Waals surface area contributed by atoms with Gasteiger partial charge in [-0.2, -0.15) is 0 Å². The number of aliphatic hydroxyl groups excluding tert-OH is 2. The molecule has 3 aromatic rings. The van der Waals surface area contributed by atoms with Crippen LogP contribution in [0.15, 0.2) is 48.0 Å². The molecule has 4 rings (SSSR count). The lowest BCUT2D eigenvalue weighted by Gasteiger charge is -2.37. The van der Waals surface area contributed by atoms with E-state index in [9.17, 15) is 10.2 Å². The number of rotatable bonds is 7. The summed E-state index contributed by atoms with van der Waals surface area (Å²) >= 11 is 1.66. The molecule has 2 N–H and O–H groups in total. The highest BCUT2D eigenvalue weighted by molar-refractivity contribution is 7.10. The summed E-state index contributed by atoms with van der Waals surface area (Å²) in [6, 6.07) is 11.7. The summed E-state index contributed by atoms with van der Waals surface area (Å²) in [5.41, 5.74) is 1.74. The molecule has 168 valence electrons. The fourth-order valence-corrected chi connectivity index (χ4v) is 5.16. The van der Waals surface area contributed by atoms with Gasteiger partial charge in [0.2, 0.25) is 0 Å². The predicted molar refractivity (Wildman–Crippen MR) is 129 cm³/mol. The third-order valence-electron chi connectivity index (χ3n) is 6.40. The molecule has 0 aliphatic carbocycles. The number of pyridine rings is 1. The van der Waals surface area contributed by atoms with Crippen molar-refractivity contribution in [2.24, 2.45) is 11.8 Å². The van der Waals surface area contributed by atoms with E-state index in [1.54, 1.807) is 24.6 Å². The van der Waals surface area contributed by atoms with E-state index in [1.165, 1.54) is 0 Å². The van der Waals surface area contributed by atoms with E-state index in [4.69, 9.17) is 4.74 Å². The minimum atomic E-state index is -0.568. The zero-order valence-corrected chi connectivity index (χ0v) is 19.2. The van der Waals surface area contributed by atoms with E-state index in [1.807, 2.05) is 41.8 Å². The lowest BCUT2D eigenvalue weighted by Crippen LogP contribution is -2.42. The third-order valence-corrected chi connectivity index (χ3v) is 7.18. The number of benzene rings is 1. The normalized spacial score (nSPS) is 20.0. The highest BCUT2D eigenvalue weighted by Crippen LogP contribution is 2.33. The van der Waals surface area contributed by atoms with Gasteiger partial charge >= 0.3 is 0 Å². The van der Waals surface area contributed by atoms with Crippen molar-refractivity contribution in [1.29, 1.82) is 0 Å². The van der Waals surface area contributed by atoms with Crippen molar-refractivity contribution in [3.8, 4) is 17.6 Å². The topological polar surface area (TPSA) is 65.8 Å². The third kappa shape index (κ3) is 5.48. The minimum Gasteiger partial charge on any atom is -0.497 e. The average molecular weight is 451 g/mol. The summed E-state index contributed by atoms with van der Waals surface area (Å²) in [6.45, 7) is 2.73. The molecule has 1 saturated heterocycles. The molecule has 0 spiro atoms. The van der Waals surface area contributed by atoms with Gasteiger partial charge in [0, 0.05) is 24.7 Å². The maximum Gasteiger partial charge on any atom is 0.119 e. The average Bonchev–Trinajstić information content (AvgIpc) is 3.35. The number of thiophene rings is 1. The lowest BCUT2D eigenvalue weighted by atomic mass is 9.81. The Bertz CT molecular complexity index is 1070. The molecule has 1 fully saturated rings. The first-order valence-electron chi connectivity index (χ1n) is 11.1. The van der Waals surface area contributed by atoms with Crippen LogP contribution in [0.3, 0.4) is 0 Å². The Morgan fingerprint density at radius 2 is 2.19 bits per heavy atom. The number of likely N-dealkylation sites (tertiary alicyclic amines) is 1. The van der Waals surface area contributed by atoms with E-state index in [0.29, 0.717) is 12.3 Å².